The first-order valence-electron chi connectivity index (χ1n) is 9.72. The van der Waals surface area contributed by atoms with Crippen LogP contribution < -0.4 is 5.32 Å². The fraction of sp³-hybridized carbons (Fsp3) is 0.350. The van der Waals surface area contributed by atoms with Crippen LogP contribution in [0, 0.1) is 11.7 Å². The molecule has 30 heavy (non-hydrogen) atoms. The highest BCUT2D eigenvalue weighted by molar-refractivity contribution is 7.89. The molecule has 0 bridgehead atoms. The number of aromatic nitrogens is 3. The zero-order valence-corrected chi connectivity index (χ0v) is 17.2. The number of piperidine rings is 1. The normalized spacial score (nSPS) is 17.1. The maximum Gasteiger partial charge on any atom is 0.245 e. The van der Waals surface area contributed by atoms with Gasteiger partial charge in [-0.2, -0.15) is 4.31 Å². The molecule has 3 heterocycles. The maximum atomic E-state index is 14.0. The predicted molar refractivity (Wildman–Crippen MR) is 107 cm³/mol. The zero-order chi connectivity index (χ0) is 21.3. The quantitative estimate of drug-likeness (QED) is 0.668. The Labute approximate surface area is 173 Å². The van der Waals surface area contributed by atoms with Crippen LogP contribution in [0.2, 0.25) is 0 Å². The van der Waals surface area contributed by atoms with Crippen LogP contribution >= 0.6 is 0 Å². The lowest BCUT2D eigenvalue weighted by Gasteiger charge is -2.31. The molecule has 1 fully saturated rings. The summed E-state index contributed by atoms with van der Waals surface area (Å²) in [4.78, 5) is 12.4. The number of carbonyl (C=O) groups excluding carboxylic acids is 1. The summed E-state index contributed by atoms with van der Waals surface area (Å²) in [5.41, 5.74) is 0.695. The molecule has 1 aliphatic rings. The van der Waals surface area contributed by atoms with E-state index >= 15 is 0 Å². The van der Waals surface area contributed by atoms with Crippen LogP contribution in [-0.4, -0.2) is 46.3 Å². The number of nitrogens with zero attached hydrogens (tertiary/aromatic N) is 4. The number of carbonyl (C=O) groups is 1. The summed E-state index contributed by atoms with van der Waals surface area (Å²) in [5, 5.41) is 11.2. The summed E-state index contributed by atoms with van der Waals surface area (Å²) in [6, 6.07) is 10.5. The minimum absolute atomic E-state index is 0.155. The van der Waals surface area contributed by atoms with Gasteiger partial charge in [-0.3, -0.25) is 9.20 Å². The Morgan fingerprint density at radius 3 is 2.57 bits per heavy atom. The van der Waals surface area contributed by atoms with Crippen molar-refractivity contribution in [2.24, 2.45) is 5.92 Å². The van der Waals surface area contributed by atoms with E-state index in [9.17, 15) is 17.6 Å². The lowest BCUT2D eigenvalue weighted by molar-refractivity contribution is -0.126. The number of amides is 1. The minimum Gasteiger partial charge on any atom is -0.346 e. The smallest absolute Gasteiger partial charge is 0.245 e. The van der Waals surface area contributed by atoms with Crippen molar-refractivity contribution in [3.05, 3.63) is 60.3 Å². The summed E-state index contributed by atoms with van der Waals surface area (Å²) < 4.78 is 42.4. The lowest BCUT2D eigenvalue weighted by atomic mass is 9.97. The molecule has 2 aromatic heterocycles. The van der Waals surface area contributed by atoms with Crippen molar-refractivity contribution in [1.29, 1.82) is 0 Å². The van der Waals surface area contributed by atoms with Gasteiger partial charge in [0.15, 0.2) is 11.5 Å². The van der Waals surface area contributed by atoms with E-state index in [1.165, 1.54) is 22.5 Å². The van der Waals surface area contributed by atoms with E-state index in [0.717, 1.165) is 6.07 Å². The van der Waals surface area contributed by atoms with Crippen LogP contribution in [0.3, 0.4) is 0 Å². The molecule has 3 aromatic rings. The highest BCUT2D eigenvalue weighted by Crippen LogP contribution is 2.26. The van der Waals surface area contributed by atoms with E-state index in [-0.39, 0.29) is 35.9 Å². The van der Waals surface area contributed by atoms with E-state index in [0.29, 0.717) is 24.3 Å². The topological polar surface area (TPSA) is 96.7 Å². The SMILES string of the molecule is C[C@H](NC(=O)C1CCN(S(=O)(=O)c2ccccc2F)CC1)c1nnc2ccccn12. The Kier molecular flexibility index (Phi) is 5.52. The minimum atomic E-state index is -3.92. The Morgan fingerprint density at radius 1 is 1.13 bits per heavy atom. The predicted octanol–water partition coefficient (Wildman–Crippen LogP) is 2.15. The van der Waals surface area contributed by atoms with Crippen LogP contribution in [0.5, 0.6) is 0 Å². The average molecular weight is 431 g/mol. The Hall–Kier alpha value is -2.85. The number of pyridine rings is 1. The van der Waals surface area contributed by atoms with Gasteiger partial charge in [-0.1, -0.05) is 18.2 Å². The van der Waals surface area contributed by atoms with Gasteiger partial charge in [-0.05, 0) is 44.0 Å². The van der Waals surface area contributed by atoms with Crippen molar-refractivity contribution < 1.29 is 17.6 Å². The molecular weight excluding hydrogens is 409 g/mol. The Balaban J connectivity index is 1.39. The molecule has 8 nitrogen and oxygen atoms in total. The van der Waals surface area contributed by atoms with Crippen LogP contribution in [0.1, 0.15) is 31.6 Å². The highest BCUT2D eigenvalue weighted by atomic mass is 32.2. The number of benzene rings is 1. The van der Waals surface area contributed by atoms with Gasteiger partial charge in [0.05, 0.1) is 6.04 Å². The number of hydrogen-bond acceptors (Lipinski definition) is 5. The maximum absolute atomic E-state index is 14.0. The fourth-order valence-electron chi connectivity index (χ4n) is 3.70. The first-order chi connectivity index (χ1) is 14.4. The van der Waals surface area contributed by atoms with E-state index in [4.69, 9.17) is 0 Å². The van der Waals surface area contributed by atoms with E-state index in [2.05, 4.69) is 15.5 Å². The van der Waals surface area contributed by atoms with Gasteiger partial charge in [0.1, 0.15) is 10.7 Å². The van der Waals surface area contributed by atoms with Crippen molar-refractivity contribution in [3.8, 4) is 0 Å². The van der Waals surface area contributed by atoms with Gasteiger partial charge in [0.25, 0.3) is 0 Å². The van der Waals surface area contributed by atoms with Crippen LogP contribution in [0.4, 0.5) is 4.39 Å². The monoisotopic (exact) mass is 431 g/mol. The Morgan fingerprint density at radius 2 is 1.83 bits per heavy atom. The number of sulfonamides is 1. The molecule has 1 saturated heterocycles. The van der Waals surface area contributed by atoms with Crippen LogP contribution in [-0.2, 0) is 14.8 Å². The molecule has 10 heteroatoms. The summed E-state index contributed by atoms with van der Waals surface area (Å²) in [5.74, 6) is -0.623. The van der Waals surface area contributed by atoms with Gasteiger partial charge in [0, 0.05) is 25.2 Å². The second-order valence-corrected chi connectivity index (χ2v) is 9.23. The van der Waals surface area contributed by atoms with Crippen molar-refractivity contribution >= 4 is 21.6 Å². The number of halogens is 1. The molecule has 0 spiro atoms. The third-order valence-electron chi connectivity index (χ3n) is 5.37. The van der Waals surface area contributed by atoms with E-state index in [1.807, 2.05) is 35.7 Å². The fourth-order valence-corrected chi connectivity index (χ4v) is 5.24. The first-order valence-corrected chi connectivity index (χ1v) is 11.2. The number of nitrogens with one attached hydrogen (secondary N) is 1. The van der Waals surface area contributed by atoms with Crippen molar-refractivity contribution in [1.82, 2.24) is 24.2 Å². The van der Waals surface area contributed by atoms with Crippen molar-refractivity contribution in [2.45, 2.75) is 30.7 Å². The van der Waals surface area contributed by atoms with Gasteiger partial charge in [-0.15, -0.1) is 10.2 Å². The highest BCUT2D eigenvalue weighted by Gasteiger charge is 2.34. The van der Waals surface area contributed by atoms with Gasteiger partial charge >= 0.3 is 0 Å². The number of rotatable bonds is 5. The molecule has 1 N–H and O–H groups in total. The summed E-state index contributed by atoms with van der Waals surface area (Å²) >= 11 is 0. The van der Waals surface area contributed by atoms with E-state index in [1.54, 1.807) is 0 Å². The lowest BCUT2D eigenvalue weighted by Crippen LogP contribution is -2.43. The summed E-state index contributed by atoms with van der Waals surface area (Å²) in [6.45, 7) is 2.16. The van der Waals surface area contributed by atoms with E-state index < -0.39 is 15.8 Å². The molecule has 1 amide bonds. The molecule has 1 aromatic carbocycles. The first kappa shape index (κ1) is 20.4. The zero-order valence-electron chi connectivity index (χ0n) is 16.4. The van der Waals surface area contributed by atoms with Crippen LogP contribution in [0.25, 0.3) is 5.65 Å². The third-order valence-corrected chi connectivity index (χ3v) is 7.30. The number of fused-ring (bicyclic) bond motifs is 1. The van der Waals surface area contributed by atoms with Crippen molar-refractivity contribution in [3.63, 3.8) is 0 Å². The average Bonchev–Trinajstić information content (AvgIpc) is 3.18. The standard InChI is InChI=1S/C20H22FN5O3S/c1-14(19-24-23-18-8-4-5-11-26(18)19)22-20(27)15-9-12-25(13-10-15)30(28,29)17-7-3-2-6-16(17)21/h2-8,11,14-15H,9-10,12-13H2,1H3,(H,22,27)/t14-/m0/s1. The third kappa shape index (κ3) is 3.80. The molecule has 4 rings (SSSR count). The largest absolute Gasteiger partial charge is 0.346 e. The summed E-state index contributed by atoms with van der Waals surface area (Å²) in [7, 11) is -3.92. The number of hydrogen-bond donors (Lipinski definition) is 1. The summed E-state index contributed by atoms with van der Waals surface area (Å²) in [6.07, 6.45) is 2.57. The van der Waals surface area contributed by atoms with Crippen LogP contribution in [0.15, 0.2) is 53.6 Å². The second-order valence-electron chi connectivity index (χ2n) is 7.33. The van der Waals surface area contributed by atoms with Gasteiger partial charge < -0.3 is 5.32 Å². The Bertz CT molecular complexity index is 1170. The molecular formula is C20H22FN5O3S. The molecule has 0 unspecified atom stereocenters. The second kappa shape index (κ2) is 8.11. The molecule has 0 aliphatic carbocycles. The molecule has 1 atom stereocenters. The van der Waals surface area contributed by atoms with Gasteiger partial charge in [-0.25, -0.2) is 12.8 Å². The molecule has 1 aliphatic heterocycles. The van der Waals surface area contributed by atoms with Crippen molar-refractivity contribution in [2.75, 3.05) is 13.1 Å². The molecule has 0 radical (unpaired) electrons. The van der Waals surface area contributed by atoms with Gasteiger partial charge in [0.2, 0.25) is 15.9 Å². The molecule has 0 saturated carbocycles. The molecule has 158 valence electrons.